The van der Waals surface area contributed by atoms with E-state index < -0.39 is 0 Å². The van der Waals surface area contributed by atoms with Crippen molar-refractivity contribution >= 4 is 5.91 Å². The molecular weight excluding hydrogens is 250 g/mol. The van der Waals surface area contributed by atoms with Crippen LogP contribution in [0.3, 0.4) is 0 Å². The van der Waals surface area contributed by atoms with Crippen LogP contribution in [-0.2, 0) is 11.3 Å². The van der Waals surface area contributed by atoms with Crippen molar-refractivity contribution in [2.24, 2.45) is 0 Å². The van der Waals surface area contributed by atoms with Crippen LogP contribution in [0.25, 0.3) is 0 Å². The third-order valence-electron chi connectivity index (χ3n) is 3.17. The highest BCUT2D eigenvalue weighted by Gasteiger charge is 2.10. The van der Waals surface area contributed by atoms with Gasteiger partial charge in [-0.2, -0.15) is 0 Å². The topological polar surface area (TPSA) is 38.3 Å². The third kappa shape index (κ3) is 3.68. The molecule has 0 heterocycles. The predicted octanol–water partition coefficient (Wildman–Crippen LogP) is 3.32. The van der Waals surface area contributed by atoms with Crippen molar-refractivity contribution in [2.45, 2.75) is 19.6 Å². The van der Waals surface area contributed by atoms with Crippen LogP contribution in [0.4, 0.5) is 0 Å². The van der Waals surface area contributed by atoms with E-state index in [1.165, 1.54) is 0 Å². The van der Waals surface area contributed by atoms with Gasteiger partial charge in [0, 0.05) is 12.7 Å². The van der Waals surface area contributed by atoms with Gasteiger partial charge in [-0.25, -0.2) is 0 Å². The van der Waals surface area contributed by atoms with Gasteiger partial charge in [-0.05, 0) is 30.2 Å². The number of amides is 1. The average Bonchev–Trinajstić information content (AvgIpc) is 2.49. The maximum Gasteiger partial charge on any atom is 0.251 e. The van der Waals surface area contributed by atoms with Gasteiger partial charge in [0.05, 0.1) is 12.6 Å². The molecule has 0 saturated heterocycles. The third-order valence-corrected chi connectivity index (χ3v) is 3.17. The quantitative estimate of drug-likeness (QED) is 0.904. The summed E-state index contributed by atoms with van der Waals surface area (Å²) >= 11 is 0. The molecule has 3 heteroatoms. The zero-order chi connectivity index (χ0) is 14.4. The molecule has 104 valence electrons. The minimum absolute atomic E-state index is 0.0117. The van der Waals surface area contributed by atoms with Crippen molar-refractivity contribution in [3.63, 3.8) is 0 Å². The van der Waals surface area contributed by atoms with Crippen molar-refractivity contribution in [3.05, 3.63) is 71.3 Å². The molecule has 3 nitrogen and oxygen atoms in total. The molecule has 2 aromatic carbocycles. The standard InChI is InChI=1S/C17H19NO2/c1-13(15-6-4-3-5-7-15)18-17(19)16-10-8-14(9-11-16)12-20-2/h3-11,13H,12H2,1-2H3,(H,18,19)/t13-/m0/s1. The molecule has 20 heavy (non-hydrogen) atoms. The largest absolute Gasteiger partial charge is 0.380 e. The SMILES string of the molecule is COCc1ccc(C(=O)N[C@@H](C)c2ccccc2)cc1. The number of hydrogen-bond acceptors (Lipinski definition) is 2. The molecule has 0 aliphatic carbocycles. The van der Waals surface area contributed by atoms with Gasteiger partial charge >= 0.3 is 0 Å². The first-order chi connectivity index (χ1) is 9.70. The first-order valence-electron chi connectivity index (χ1n) is 6.64. The van der Waals surface area contributed by atoms with Gasteiger partial charge in [-0.1, -0.05) is 42.5 Å². The summed E-state index contributed by atoms with van der Waals surface area (Å²) in [5.41, 5.74) is 2.81. The Bertz CT molecular complexity index is 549. The number of carbonyl (C=O) groups is 1. The fourth-order valence-corrected chi connectivity index (χ4v) is 2.02. The lowest BCUT2D eigenvalue weighted by atomic mass is 10.1. The van der Waals surface area contributed by atoms with E-state index in [2.05, 4.69) is 5.32 Å². The predicted molar refractivity (Wildman–Crippen MR) is 79.5 cm³/mol. The number of methoxy groups -OCH3 is 1. The van der Waals surface area contributed by atoms with Crippen LogP contribution in [0.1, 0.15) is 34.5 Å². The van der Waals surface area contributed by atoms with Crippen LogP contribution in [0, 0.1) is 0 Å². The summed E-state index contributed by atoms with van der Waals surface area (Å²) in [4.78, 5) is 12.2. The number of ether oxygens (including phenoxy) is 1. The molecule has 0 fully saturated rings. The lowest BCUT2D eigenvalue weighted by Crippen LogP contribution is -2.26. The van der Waals surface area contributed by atoms with Gasteiger partial charge in [-0.3, -0.25) is 4.79 Å². The van der Waals surface area contributed by atoms with E-state index in [4.69, 9.17) is 4.74 Å². The van der Waals surface area contributed by atoms with E-state index in [9.17, 15) is 4.79 Å². The van der Waals surface area contributed by atoms with Crippen molar-refractivity contribution in [2.75, 3.05) is 7.11 Å². The lowest BCUT2D eigenvalue weighted by Gasteiger charge is -2.14. The Morgan fingerprint density at radius 1 is 1.10 bits per heavy atom. The molecule has 0 spiro atoms. The minimum atomic E-state index is -0.0645. The summed E-state index contributed by atoms with van der Waals surface area (Å²) in [6.45, 7) is 2.54. The second kappa shape index (κ2) is 6.87. The Morgan fingerprint density at radius 2 is 1.75 bits per heavy atom. The molecule has 0 aromatic heterocycles. The molecule has 0 radical (unpaired) electrons. The molecule has 0 unspecified atom stereocenters. The molecule has 1 atom stereocenters. The van der Waals surface area contributed by atoms with E-state index in [0.717, 1.165) is 11.1 Å². The molecule has 2 aromatic rings. The summed E-state index contributed by atoms with van der Waals surface area (Å²) in [6.07, 6.45) is 0. The first kappa shape index (κ1) is 14.3. The summed E-state index contributed by atoms with van der Waals surface area (Å²) in [5.74, 6) is -0.0645. The highest BCUT2D eigenvalue weighted by Crippen LogP contribution is 2.13. The number of benzene rings is 2. The fourth-order valence-electron chi connectivity index (χ4n) is 2.02. The van der Waals surface area contributed by atoms with Gasteiger partial charge in [-0.15, -0.1) is 0 Å². The van der Waals surface area contributed by atoms with Crippen molar-refractivity contribution in [1.29, 1.82) is 0 Å². The molecule has 0 bridgehead atoms. The number of hydrogen-bond donors (Lipinski definition) is 1. The summed E-state index contributed by atoms with van der Waals surface area (Å²) < 4.78 is 5.05. The van der Waals surface area contributed by atoms with E-state index in [1.807, 2.05) is 61.5 Å². The summed E-state index contributed by atoms with van der Waals surface area (Å²) in [7, 11) is 1.65. The molecule has 0 saturated carbocycles. The van der Waals surface area contributed by atoms with E-state index in [1.54, 1.807) is 7.11 Å². The normalized spacial score (nSPS) is 11.9. The van der Waals surface area contributed by atoms with E-state index >= 15 is 0 Å². The highest BCUT2D eigenvalue weighted by molar-refractivity contribution is 5.94. The second-order valence-corrected chi connectivity index (χ2v) is 4.74. The molecule has 0 aliphatic heterocycles. The van der Waals surface area contributed by atoms with Crippen LogP contribution in [0.15, 0.2) is 54.6 Å². The number of nitrogens with one attached hydrogen (secondary N) is 1. The van der Waals surface area contributed by atoms with Crippen LogP contribution in [0.5, 0.6) is 0 Å². The Kier molecular flexibility index (Phi) is 4.91. The van der Waals surface area contributed by atoms with Gasteiger partial charge in [0.25, 0.3) is 5.91 Å². The van der Waals surface area contributed by atoms with Crippen LogP contribution >= 0.6 is 0 Å². The van der Waals surface area contributed by atoms with Crippen LogP contribution in [0.2, 0.25) is 0 Å². The second-order valence-electron chi connectivity index (χ2n) is 4.74. The molecule has 2 rings (SSSR count). The monoisotopic (exact) mass is 269 g/mol. The Labute approximate surface area is 119 Å². The van der Waals surface area contributed by atoms with Crippen molar-refractivity contribution in [1.82, 2.24) is 5.32 Å². The maximum absolute atomic E-state index is 12.2. The van der Waals surface area contributed by atoms with E-state index in [0.29, 0.717) is 12.2 Å². The van der Waals surface area contributed by atoms with Crippen molar-refractivity contribution < 1.29 is 9.53 Å². The van der Waals surface area contributed by atoms with Gasteiger partial charge in [0.1, 0.15) is 0 Å². The Balaban J connectivity index is 2.01. The van der Waals surface area contributed by atoms with Crippen LogP contribution < -0.4 is 5.32 Å². The summed E-state index contributed by atoms with van der Waals surface area (Å²) in [5, 5.41) is 2.99. The minimum Gasteiger partial charge on any atom is -0.380 e. The Morgan fingerprint density at radius 3 is 2.35 bits per heavy atom. The fraction of sp³-hybridized carbons (Fsp3) is 0.235. The van der Waals surface area contributed by atoms with Crippen LogP contribution in [-0.4, -0.2) is 13.0 Å². The zero-order valence-corrected chi connectivity index (χ0v) is 11.8. The molecule has 1 N–H and O–H groups in total. The van der Waals surface area contributed by atoms with Gasteiger partial charge in [0.2, 0.25) is 0 Å². The highest BCUT2D eigenvalue weighted by atomic mass is 16.5. The average molecular weight is 269 g/mol. The lowest BCUT2D eigenvalue weighted by molar-refractivity contribution is 0.0940. The molecular formula is C17H19NO2. The summed E-state index contributed by atoms with van der Waals surface area (Å²) in [6, 6.07) is 17.4. The smallest absolute Gasteiger partial charge is 0.251 e. The number of rotatable bonds is 5. The molecule has 0 aliphatic rings. The Hall–Kier alpha value is -2.13. The molecule has 1 amide bonds. The first-order valence-corrected chi connectivity index (χ1v) is 6.64. The van der Waals surface area contributed by atoms with Gasteiger partial charge in [0.15, 0.2) is 0 Å². The maximum atomic E-state index is 12.2. The van der Waals surface area contributed by atoms with Crippen molar-refractivity contribution in [3.8, 4) is 0 Å². The zero-order valence-electron chi connectivity index (χ0n) is 11.8. The van der Waals surface area contributed by atoms with Gasteiger partial charge < -0.3 is 10.1 Å². The number of carbonyl (C=O) groups excluding carboxylic acids is 1. The van der Waals surface area contributed by atoms with E-state index in [-0.39, 0.29) is 11.9 Å².